The number of fused-ring (bicyclic) bond motifs is 5. The average Bonchev–Trinajstić information content (AvgIpc) is 3.32. The van der Waals surface area contributed by atoms with Crippen LogP contribution in [-0.4, -0.2) is 63.8 Å². The molecule has 3 unspecified atom stereocenters. The van der Waals surface area contributed by atoms with Crippen LogP contribution in [0.4, 0.5) is 0 Å². The Morgan fingerprint density at radius 3 is 2.29 bits per heavy atom. The van der Waals surface area contributed by atoms with Crippen molar-refractivity contribution in [3.63, 3.8) is 0 Å². The van der Waals surface area contributed by atoms with Gasteiger partial charge in [0.05, 0.1) is 12.7 Å². The Labute approximate surface area is 255 Å². The highest BCUT2D eigenvalue weighted by molar-refractivity contribution is 5.28. The van der Waals surface area contributed by atoms with E-state index in [1.165, 1.54) is 44.9 Å². The molecular formula is C36H62O6. The second-order valence-electron chi connectivity index (χ2n) is 16.1. The van der Waals surface area contributed by atoms with E-state index in [9.17, 15) is 20.4 Å². The number of rotatable bonds is 9. The van der Waals surface area contributed by atoms with Crippen LogP contribution in [-0.2, 0) is 9.47 Å². The first-order valence-electron chi connectivity index (χ1n) is 17.5. The minimum Gasteiger partial charge on any atom is -0.394 e. The molecule has 4 N–H and O–H groups in total. The Hall–Kier alpha value is -0.500. The molecule has 6 nitrogen and oxygen atoms in total. The number of aliphatic hydroxyl groups excluding tert-OH is 4. The lowest BCUT2D eigenvalue weighted by molar-refractivity contribution is -0.320. The Kier molecular flexibility index (Phi) is 9.95. The van der Waals surface area contributed by atoms with E-state index in [0.717, 1.165) is 48.9 Å². The first-order chi connectivity index (χ1) is 19.9. The van der Waals surface area contributed by atoms with E-state index in [1.807, 2.05) is 0 Å². The maximum absolute atomic E-state index is 10.6. The molecule has 0 radical (unpaired) electrons. The molecule has 6 heteroatoms. The van der Waals surface area contributed by atoms with Crippen molar-refractivity contribution in [1.82, 2.24) is 0 Å². The lowest BCUT2D eigenvalue weighted by atomic mass is 9.46. The van der Waals surface area contributed by atoms with Gasteiger partial charge in [-0.2, -0.15) is 0 Å². The molecule has 0 aromatic rings. The number of hydrogen-bond acceptors (Lipinski definition) is 6. The van der Waals surface area contributed by atoms with Gasteiger partial charge in [-0.25, -0.2) is 0 Å². The molecular weight excluding hydrogens is 528 g/mol. The predicted molar refractivity (Wildman–Crippen MR) is 165 cm³/mol. The Balaban J connectivity index is 1.27. The van der Waals surface area contributed by atoms with E-state index < -0.39 is 37.3 Å². The number of aliphatic hydroxyl groups is 4. The van der Waals surface area contributed by atoms with Gasteiger partial charge in [0.2, 0.25) is 0 Å². The summed E-state index contributed by atoms with van der Waals surface area (Å²) in [6, 6.07) is 0. The predicted octanol–water partition coefficient (Wildman–Crippen LogP) is 6.10. The first-order valence-corrected chi connectivity index (χ1v) is 17.5. The second kappa shape index (κ2) is 12.7. The van der Waals surface area contributed by atoms with Crippen molar-refractivity contribution in [1.29, 1.82) is 0 Å². The van der Waals surface area contributed by atoms with Gasteiger partial charge in [0.25, 0.3) is 0 Å². The molecule has 42 heavy (non-hydrogen) atoms. The van der Waals surface area contributed by atoms with Gasteiger partial charge < -0.3 is 29.9 Å². The number of hydrogen-bond donors (Lipinski definition) is 4. The Bertz CT molecular complexity index is 949. The van der Waals surface area contributed by atoms with Crippen LogP contribution >= 0.6 is 0 Å². The van der Waals surface area contributed by atoms with Gasteiger partial charge in [0.15, 0.2) is 6.29 Å². The Morgan fingerprint density at radius 2 is 1.62 bits per heavy atom. The van der Waals surface area contributed by atoms with E-state index >= 15 is 0 Å². The monoisotopic (exact) mass is 590 g/mol. The Morgan fingerprint density at radius 1 is 0.929 bits per heavy atom. The van der Waals surface area contributed by atoms with E-state index in [-0.39, 0.29) is 17.4 Å². The molecule has 242 valence electrons. The van der Waals surface area contributed by atoms with Gasteiger partial charge in [-0.1, -0.05) is 73.0 Å². The van der Waals surface area contributed by atoms with E-state index in [2.05, 4.69) is 54.5 Å². The molecule has 0 spiro atoms. The quantitative estimate of drug-likeness (QED) is 0.243. The molecule has 5 aliphatic rings. The highest BCUT2D eigenvalue weighted by atomic mass is 16.7. The van der Waals surface area contributed by atoms with Crippen LogP contribution in [0.5, 0.6) is 0 Å². The fourth-order valence-electron chi connectivity index (χ4n) is 11.1. The third-order valence-electron chi connectivity index (χ3n) is 13.9. The fraction of sp³-hybridized carbons (Fsp3) is 0.944. The van der Waals surface area contributed by atoms with Crippen LogP contribution in [0.1, 0.15) is 113 Å². The van der Waals surface area contributed by atoms with Crippen molar-refractivity contribution in [3.05, 3.63) is 11.6 Å². The maximum Gasteiger partial charge on any atom is 0.186 e. The van der Waals surface area contributed by atoms with E-state index in [0.29, 0.717) is 17.3 Å². The van der Waals surface area contributed by atoms with E-state index in [4.69, 9.17) is 9.47 Å². The van der Waals surface area contributed by atoms with Gasteiger partial charge in [-0.15, -0.1) is 0 Å². The van der Waals surface area contributed by atoms with Gasteiger partial charge >= 0.3 is 0 Å². The summed E-state index contributed by atoms with van der Waals surface area (Å²) in [5.41, 5.74) is 2.46. The van der Waals surface area contributed by atoms with Crippen molar-refractivity contribution in [2.45, 2.75) is 149 Å². The molecule has 0 aromatic heterocycles. The van der Waals surface area contributed by atoms with Crippen molar-refractivity contribution >= 4 is 0 Å². The van der Waals surface area contributed by atoms with Gasteiger partial charge in [0.1, 0.15) is 24.4 Å². The van der Waals surface area contributed by atoms with Crippen LogP contribution in [0.2, 0.25) is 0 Å². The van der Waals surface area contributed by atoms with Crippen molar-refractivity contribution < 1.29 is 29.9 Å². The summed E-state index contributed by atoms with van der Waals surface area (Å²) in [5.74, 6) is 5.42. The van der Waals surface area contributed by atoms with Crippen LogP contribution in [0.15, 0.2) is 11.6 Å². The standard InChI is InChI=1S/C36H62O6/c1-8-23(20(2)3)10-9-21(4)25-13-14-27-24-11-12-26-22(5)29(16-18-36(26,7)28(24)15-17-35(25,27)6)41-34-33(40)32(39)31(38)30(19-37)42-34/h11,20-23,25-34,37-40H,8-10,12-19H2,1-7H3/t21-,22?,23-,25-,26?,27+,28+,29?,30-,31-,32+,33-,34-,35-,36+/m1/s1. The third kappa shape index (κ3) is 5.57. The molecule has 15 atom stereocenters. The summed E-state index contributed by atoms with van der Waals surface area (Å²) in [6.07, 6.45) is 8.96. The second-order valence-corrected chi connectivity index (χ2v) is 16.1. The molecule has 0 amide bonds. The minimum absolute atomic E-state index is 0.0946. The van der Waals surface area contributed by atoms with Crippen LogP contribution in [0.3, 0.4) is 0 Å². The molecule has 0 aromatic carbocycles. The zero-order chi connectivity index (χ0) is 30.6. The lowest BCUT2D eigenvalue weighted by Crippen LogP contribution is -2.60. The third-order valence-corrected chi connectivity index (χ3v) is 13.9. The van der Waals surface area contributed by atoms with Crippen LogP contribution < -0.4 is 0 Å². The lowest BCUT2D eigenvalue weighted by Gasteiger charge is -2.60. The van der Waals surface area contributed by atoms with Gasteiger partial charge in [-0.05, 0) is 110 Å². The highest BCUT2D eigenvalue weighted by Gasteiger charge is 2.59. The van der Waals surface area contributed by atoms with Crippen molar-refractivity contribution in [2.75, 3.05) is 6.61 Å². The van der Waals surface area contributed by atoms with Gasteiger partial charge in [-0.3, -0.25) is 0 Å². The van der Waals surface area contributed by atoms with Crippen LogP contribution in [0.25, 0.3) is 0 Å². The molecule has 5 rings (SSSR count). The highest BCUT2D eigenvalue weighted by Crippen LogP contribution is 2.67. The molecule has 4 aliphatic carbocycles. The summed E-state index contributed by atoms with van der Waals surface area (Å²) in [5, 5.41) is 40.7. The smallest absolute Gasteiger partial charge is 0.186 e. The van der Waals surface area contributed by atoms with Crippen LogP contribution in [0, 0.1) is 58.2 Å². The van der Waals surface area contributed by atoms with E-state index in [1.54, 1.807) is 5.57 Å². The molecule has 1 heterocycles. The number of ether oxygens (including phenoxy) is 2. The van der Waals surface area contributed by atoms with Crippen molar-refractivity contribution in [2.24, 2.45) is 58.2 Å². The largest absolute Gasteiger partial charge is 0.394 e. The van der Waals surface area contributed by atoms with Gasteiger partial charge in [0, 0.05) is 0 Å². The summed E-state index contributed by atoms with van der Waals surface area (Å²) in [7, 11) is 0. The topological polar surface area (TPSA) is 99.4 Å². The molecule has 0 bridgehead atoms. The summed E-state index contributed by atoms with van der Waals surface area (Å²) in [4.78, 5) is 0. The minimum atomic E-state index is -1.40. The molecule has 4 fully saturated rings. The molecule has 1 aliphatic heterocycles. The van der Waals surface area contributed by atoms with Crippen molar-refractivity contribution in [3.8, 4) is 0 Å². The molecule has 1 saturated heterocycles. The zero-order valence-corrected chi connectivity index (χ0v) is 27.5. The number of allylic oxidation sites excluding steroid dienone is 2. The first kappa shape index (κ1) is 32.9. The average molecular weight is 591 g/mol. The SMILES string of the molecule is CC[C@H](CC[C@@H](C)[C@H]1CC[C@H]2C3=CCC4C(C)C(O[C@@H]5O[C@H](CO)[C@@H](O)[C@H](O)[C@H]5O)CC[C@]4(C)[C@H]3CC[C@]12C)C(C)C. The molecule has 3 saturated carbocycles. The summed E-state index contributed by atoms with van der Waals surface area (Å²) >= 11 is 0. The maximum atomic E-state index is 10.6. The summed E-state index contributed by atoms with van der Waals surface area (Å²) < 4.78 is 12.1. The fourth-order valence-corrected chi connectivity index (χ4v) is 11.1. The normalized spacial score (nSPS) is 48.7. The summed E-state index contributed by atoms with van der Waals surface area (Å²) in [6.45, 7) is 16.8. The zero-order valence-electron chi connectivity index (χ0n) is 27.5.